The lowest BCUT2D eigenvalue weighted by molar-refractivity contribution is -0.135. The van der Waals surface area contributed by atoms with Crippen LogP contribution >= 0.6 is 35.3 Å². The first kappa shape index (κ1) is 24.2. The number of carbonyl (C=O) groups is 1. The maximum Gasteiger partial charge on any atom is 0.225 e. The molecule has 1 amide bonds. The van der Waals surface area contributed by atoms with Crippen LogP contribution in [0.25, 0.3) is 0 Å². The molecule has 0 spiro atoms. The highest BCUT2D eigenvalue weighted by Crippen LogP contribution is 2.24. The highest BCUT2D eigenvalue weighted by atomic mass is 127. The van der Waals surface area contributed by atoms with Crippen LogP contribution in [-0.4, -0.2) is 67.6 Å². The van der Waals surface area contributed by atoms with Crippen LogP contribution in [0.1, 0.15) is 45.2 Å². The first-order valence-electron chi connectivity index (χ1n) is 10.5. The molecule has 3 heterocycles. The third-order valence-electron chi connectivity index (χ3n) is 5.45. The van der Waals surface area contributed by atoms with E-state index >= 15 is 0 Å². The lowest BCUT2D eigenvalue weighted by atomic mass is 10.0. The quantitative estimate of drug-likeness (QED) is 0.334. The molecule has 0 bridgehead atoms. The minimum atomic E-state index is 0. The Hall–Kier alpha value is -1.10. The summed E-state index contributed by atoms with van der Waals surface area (Å²) in [6.45, 7) is 8.68. The van der Waals surface area contributed by atoms with Crippen LogP contribution < -0.4 is 15.5 Å². The van der Waals surface area contributed by atoms with Gasteiger partial charge in [-0.2, -0.15) is 0 Å². The number of anilines is 1. The van der Waals surface area contributed by atoms with Gasteiger partial charge >= 0.3 is 0 Å². The lowest BCUT2D eigenvalue weighted by Crippen LogP contribution is -2.50. The molecule has 0 aromatic carbocycles. The molecule has 0 saturated carbocycles. The molecule has 164 valence electrons. The first-order valence-corrected chi connectivity index (χ1v) is 11.4. The second-order valence-electron chi connectivity index (χ2n) is 7.96. The van der Waals surface area contributed by atoms with E-state index in [2.05, 4.69) is 25.9 Å². The van der Waals surface area contributed by atoms with Gasteiger partial charge in [-0.1, -0.05) is 13.8 Å². The van der Waals surface area contributed by atoms with Gasteiger partial charge in [-0.15, -0.1) is 35.3 Å². The van der Waals surface area contributed by atoms with Gasteiger partial charge in [0.2, 0.25) is 5.91 Å². The Balaban J connectivity index is 0.00000300. The summed E-state index contributed by atoms with van der Waals surface area (Å²) in [5.74, 6) is 1.18. The number of carbonyl (C=O) groups excluding carboxylic acids is 1. The monoisotopic (exact) mass is 534 g/mol. The Morgan fingerprint density at radius 2 is 1.97 bits per heavy atom. The van der Waals surface area contributed by atoms with E-state index in [1.54, 1.807) is 18.4 Å². The van der Waals surface area contributed by atoms with Crippen LogP contribution in [0.3, 0.4) is 0 Å². The van der Waals surface area contributed by atoms with E-state index in [4.69, 9.17) is 4.98 Å². The summed E-state index contributed by atoms with van der Waals surface area (Å²) in [5.41, 5.74) is 1.15. The number of aromatic nitrogens is 1. The van der Waals surface area contributed by atoms with Crippen molar-refractivity contribution in [1.29, 1.82) is 0 Å². The number of aliphatic imine (C=N–C) groups is 1. The van der Waals surface area contributed by atoms with Crippen molar-refractivity contribution in [2.24, 2.45) is 10.9 Å². The SMILES string of the molecule is CN=C(NCCc1csc(N2CCCC2)n1)NC1CCN(C(=O)C(C)C)CC1.I. The van der Waals surface area contributed by atoms with Gasteiger partial charge in [0.15, 0.2) is 11.1 Å². The zero-order valence-electron chi connectivity index (χ0n) is 17.8. The van der Waals surface area contributed by atoms with Crippen molar-refractivity contribution in [2.45, 2.75) is 52.0 Å². The van der Waals surface area contributed by atoms with Crippen LogP contribution in [0.2, 0.25) is 0 Å². The Bertz CT molecular complexity index is 666. The van der Waals surface area contributed by atoms with E-state index in [0.717, 1.165) is 68.8 Å². The topological polar surface area (TPSA) is 72.9 Å². The zero-order valence-corrected chi connectivity index (χ0v) is 21.0. The van der Waals surface area contributed by atoms with Crippen molar-refractivity contribution in [2.75, 3.05) is 44.7 Å². The molecule has 1 aromatic rings. The van der Waals surface area contributed by atoms with Gasteiger partial charge in [0.05, 0.1) is 5.69 Å². The molecule has 2 saturated heterocycles. The molecule has 0 atom stereocenters. The van der Waals surface area contributed by atoms with Crippen molar-refractivity contribution in [3.05, 3.63) is 11.1 Å². The Morgan fingerprint density at radius 1 is 1.28 bits per heavy atom. The Kier molecular flexibility index (Phi) is 9.94. The summed E-state index contributed by atoms with van der Waals surface area (Å²) in [6.07, 6.45) is 5.38. The number of piperidine rings is 1. The number of halogens is 1. The third-order valence-corrected chi connectivity index (χ3v) is 6.41. The molecule has 7 nitrogen and oxygen atoms in total. The van der Waals surface area contributed by atoms with Gasteiger partial charge < -0.3 is 20.4 Å². The molecule has 2 aliphatic rings. The fourth-order valence-corrected chi connectivity index (χ4v) is 4.68. The summed E-state index contributed by atoms with van der Waals surface area (Å²) in [4.78, 5) is 25.6. The van der Waals surface area contributed by atoms with E-state index in [9.17, 15) is 4.79 Å². The van der Waals surface area contributed by atoms with Crippen molar-refractivity contribution < 1.29 is 4.79 Å². The third kappa shape index (κ3) is 6.97. The number of guanidine groups is 1. The predicted octanol–water partition coefficient (Wildman–Crippen LogP) is 2.72. The number of rotatable bonds is 6. The van der Waals surface area contributed by atoms with Gasteiger partial charge in [-0.25, -0.2) is 4.98 Å². The Labute approximate surface area is 195 Å². The van der Waals surface area contributed by atoms with E-state index in [-0.39, 0.29) is 35.8 Å². The van der Waals surface area contributed by atoms with E-state index in [1.165, 1.54) is 12.8 Å². The molecule has 2 N–H and O–H groups in total. The van der Waals surface area contributed by atoms with Crippen molar-refractivity contribution in [1.82, 2.24) is 20.5 Å². The molecule has 0 unspecified atom stereocenters. The fourth-order valence-electron chi connectivity index (χ4n) is 3.77. The lowest BCUT2D eigenvalue weighted by Gasteiger charge is -2.34. The van der Waals surface area contributed by atoms with Gasteiger partial charge in [0.25, 0.3) is 0 Å². The van der Waals surface area contributed by atoms with Crippen LogP contribution in [-0.2, 0) is 11.2 Å². The van der Waals surface area contributed by atoms with Crippen LogP contribution in [0.4, 0.5) is 5.13 Å². The van der Waals surface area contributed by atoms with Gasteiger partial charge in [-0.05, 0) is 25.7 Å². The number of hydrogen-bond donors (Lipinski definition) is 2. The van der Waals surface area contributed by atoms with E-state index in [1.807, 2.05) is 18.7 Å². The highest BCUT2D eigenvalue weighted by Gasteiger charge is 2.24. The van der Waals surface area contributed by atoms with E-state index < -0.39 is 0 Å². The molecular formula is C20H35IN6OS. The van der Waals surface area contributed by atoms with Gasteiger partial charge in [-0.3, -0.25) is 9.79 Å². The second-order valence-corrected chi connectivity index (χ2v) is 8.80. The molecule has 2 aliphatic heterocycles. The summed E-state index contributed by atoms with van der Waals surface area (Å²) >= 11 is 1.75. The van der Waals surface area contributed by atoms with Crippen LogP contribution in [0.15, 0.2) is 10.4 Å². The maximum absolute atomic E-state index is 12.1. The molecule has 2 fully saturated rings. The summed E-state index contributed by atoms with van der Waals surface area (Å²) in [7, 11) is 1.81. The summed E-state index contributed by atoms with van der Waals surface area (Å²) in [5, 5.41) is 10.2. The molecule has 1 aromatic heterocycles. The number of hydrogen-bond acceptors (Lipinski definition) is 5. The minimum Gasteiger partial charge on any atom is -0.356 e. The standard InChI is InChI=1S/C20H34N6OS.HI/c1-15(2)18(27)25-12-7-16(8-13-25)23-19(21-3)22-9-6-17-14-28-20(24-17)26-10-4-5-11-26;/h14-16H,4-13H2,1-3H3,(H2,21,22,23);1H. The fraction of sp³-hybridized carbons (Fsp3) is 0.750. The summed E-state index contributed by atoms with van der Waals surface area (Å²) in [6, 6.07) is 0.364. The maximum atomic E-state index is 12.1. The molecule has 9 heteroatoms. The van der Waals surface area contributed by atoms with Crippen molar-refractivity contribution in [3.8, 4) is 0 Å². The van der Waals surface area contributed by atoms with Gasteiger partial charge in [0, 0.05) is 63.5 Å². The average molecular weight is 535 g/mol. The predicted molar refractivity (Wildman–Crippen MR) is 132 cm³/mol. The smallest absolute Gasteiger partial charge is 0.225 e. The normalized spacial score (nSPS) is 18.1. The number of likely N-dealkylation sites (tertiary alicyclic amines) is 1. The number of nitrogens with zero attached hydrogens (tertiary/aromatic N) is 4. The highest BCUT2D eigenvalue weighted by molar-refractivity contribution is 14.0. The van der Waals surface area contributed by atoms with Crippen LogP contribution in [0.5, 0.6) is 0 Å². The van der Waals surface area contributed by atoms with E-state index in [0.29, 0.717) is 6.04 Å². The van der Waals surface area contributed by atoms with Crippen LogP contribution in [0, 0.1) is 5.92 Å². The Morgan fingerprint density at radius 3 is 2.59 bits per heavy atom. The zero-order chi connectivity index (χ0) is 19.9. The molecule has 29 heavy (non-hydrogen) atoms. The largest absolute Gasteiger partial charge is 0.356 e. The number of amides is 1. The second kappa shape index (κ2) is 11.9. The molecule has 3 rings (SSSR count). The van der Waals surface area contributed by atoms with Gasteiger partial charge in [0.1, 0.15) is 0 Å². The molecule has 0 aliphatic carbocycles. The number of nitrogens with one attached hydrogen (secondary N) is 2. The van der Waals surface area contributed by atoms with Crippen molar-refractivity contribution >= 4 is 52.3 Å². The summed E-state index contributed by atoms with van der Waals surface area (Å²) < 4.78 is 0. The molecule has 0 radical (unpaired) electrons. The molecular weight excluding hydrogens is 499 g/mol. The first-order chi connectivity index (χ1) is 13.6. The van der Waals surface area contributed by atoms with Crippen molar-refractivity contribution in [3.63, 3.8) is 0 Å². The minimum absolute atomic E-state index is 0. The number of thiazole rings is 1. The average Bonchev–Trinajstić information content (AvgIpc) is 3.39.